The predicted molar refractivity (Wildman–Crippen MR) is 137 cm³/mol. The van der Waals surface area contributed by atoms with Gasteiger partial charge in [-0.2, -0.15) is 0 Å². The van der Waals surface area contributed by atoms with E-state index < -0.39 is 0 Å². The Morgan fingerprint density at radius 3 is 2.24 bits per heavy atom. The summed E-state index contributed by atoms with van der Waals surface area (Å²) in [6, 6.07) is 17.7. The van der Waals surface area contributed by atoms with Crippen molar-refractivity contribution in [3.8, 4) is 11.5 Å². The number of hydrogen-bond acceptors (Lipinski definition) is 6. The first-order valence-corrected chi connectivity index (χ1v) is 11.8. The zero-order chi connectivity index (χ0) is 23.2. The average molecular weight is 449 g/mol. The van der Waals surface area contributed by atoms with Gasteiger partial charge in [-0.05, 0) is 62.4 Å². The molecule has 0 bridgehead atoms. The van der Waals surface area contributed by atoms with E-state index in [1.165, 1.54) is 29.5 Å². The highest BCUT2D eigenvalue weighted by Gasteiger charge is 2.21. The van der Waals surface area contributed by atoms with Crippen molar-refractivity contribution >= 4 is 22.4 Å². The lowest BCUT2D eigenvalue weighted by Crippen LogP contribution is -2.38. The van der Waals surface area contributed by atoms with Crippen molar-refractivity contribution in [2.75, 3.05) is 45.1 Å². The van der Waals surface area contributed by atoms with E-state index in [9.17, 15) is 0 Å². The molecule has 3 aromatic rings. The monoisotopic (exact) mass is 448 g/mol. The van der Waals surface area contributed by atoms with E-state index in [2.05, 4.69) is 72.1 Å². The summed E-state index contributed by atoms with van der Waals surface area (Å²) in [7, 11) is 7.56. The Bertz CT molecular complexity index is 1040. The zero-order valence-corrected chi connectivity index (χ0v) is 20.2. The molecule has 0 atom stereocenters. The largest absolute Gasteiger partial charge is 0.497 e. The Labute approximate surface area is 197 Å². The van der Waals surface area contributed by atoms with Gasteiger partial charge in [0.05, 0.1) is 19.7 Å². The van der Waals surface area contributed by atoms with Gasteiger partial charge >= 0.3 is 0 Å². The third-order valence-corrected chi connectivity index (χ3v) is 6.51. The first-order valence-electron chi connectivity index (χ1n) is 11.8. The van der Waals surface area contributed by atoms with E-state index in [1.807, 2.05) is 6.07 Å². The van der Waals surface area contributed by atoms with Crippen LogP contribution in [0.5, 0.6) is 11.5 Å². The minimum Gasteiger partial charge on any atom is -0.497 e. The van der Waals surface area contributed by atoms with Crippen LogP contribution in [-0.4, -0.2) is 51.9 Å². The van der Waals surface area contributed by atoms with Crippen molar-refractivity contribution in [2.45, 2.75) is 44.2 Å². The number of nitrogens with one attached hydrogen (secondary N) is 2. The molecular formula is C27H36N4O2. The summed E-state index contributed by atoms with van der Waals surface area (Å²) in [5.41, 5.74) is 3.47. The Morgan fingerprint density at radius 1 is 0.909 bits per heavy atom. The molecule has 1 aliphatic rings. The number of rotatable bonds is 9. The summed E-state index contributed by atoms with van der Waals surface area (Å²) < 4.78 is 10.8. The van der Waals surface area contributed by atoms with E-state index in [0.29, 0.717) is 12.1 Å². The van der Waals surface area contributed by atoms with Gasteiger partial charge in [-0.1, -0.05) is 18.2 Å². The van der Waals surface area contributed by atoms with Crippen LogP contribution in [0.3, 0.4) is 0 Å². The summed E-state index contributed by atoms with van der Waals surface area (Å²) in [4.78, 5) is 7.03. The molecule has 0 aliphatic heterocycles. The van der Waals surface area contributed by atoms with Crippen LogP contribution in [0, 0.1) is 0 Å². The first kappa shape index (κ1) is 23.2. The molecule has 1 fully saturated rings. The van der Waals surface area contributed by atoms with E-state index in [-0.39, 0.29) is 0 Å². The van der Waals surface area contributed by atoms with Gasteiger partial charge in [-0.15, -0.1) is 0 Å². The number of fused-ring (bicyclic) bond motifs is 1. The molecule has 1 heterocycles. The SMILES string of the molecule is COc1cc(CCN[C@H]2CC[C@@H](Nc3cc(N(C)C)c4ccccc4n3)CC2)cc(OC)c1. The smallest absolute Gasteiger partial charge is 0.128 e. The molecule has 0 amide bonds. The van der Waals surface area contributed by atoms with Crippen LogP contribution < -0.4 is 25.0 Å². The van der Waals surface area contributed by atoms with Gasteiger partial charge in [0.15, 0.2) is 0 Å². The summed E-state index contributed by atoms with van der Waals surface area (Å²) in [6.07, 6.45) is 5.60. The lowest BCUT2D eigenvalue weighted by molar-refractivity contribution is 0.355. The van der Waals surface area contributed by atoms with Gasteiger partial charge < -0.3 is 25.0 Å². The van der Waals surface area contributed by atoms with Gasteiger partial charge in [0.25, 0.3) is 0 Å². The second kappa shape index (κ2) is 10.8. The maximum absolute atomic E-state index is 5.38. The van der Waals surface area contributed by atoms with Gasteiger partial charge in [0.2, 0.25) is 0 Å². The minimum absolute atomic E-state index is 0.467. The summed E-state index contributed by atoms with van der Waals surface area (Å²) in [5, 5.41) is 8.64. The van der Waals surface area contributed by atoms with Gasteiger partial charge in [0, 0.05) is 49.4 Å². The number of methoxy groups -OCH3 is 2. The maximum Gasteiger partial charge on any atom is 0.128 e. The standard InChI is InChI=1S/C27H36N4O2/c1-31(2)26-18-27(30-25-8-6-5-7-24(25)26)29-21-11-9-20(10-12-21)28-14-13-19-15-22(32-3)17-23(16-19)33-4/h5-8,15-18,20-21,28H,9-14H2,1-4H3,(H,29,30)/t20-,21+. The van der Waals surface area contributed by atoms with E-state index in [4.69, 9.17) is 14.5 Å². The third-order valence-electron chi connectivity index (χ3n) is 6.51. The number of ether oxygens (including phenoxy) is 2. The molecule has 1 aromatic heterocycles. The fourth-order valence-corrected chi connectivity index (χ4v) is 4.68. The topological polar surface area (TPSA) is 58.7 Å². The van der Waals surface area contributed by atoms with Gasteiger partial charge in [0.1, 0.15) is 17.3 Å². The van der Waals surface area contributed by atoms with Crippen LogP contribution in [0.15, 0.2) is 48.5 Å². The Morgan fingerprint density at radius 2 is 1.58 bits per heavy atom. The Balaban J connectivity index is 1.28. The van der Waals surface area contributed by atoms with Crippen LogP contribution in [0.1, 0.15) is 31.2 Å². The number of para-hydroxylation sites is 1. The molecule has 176 valence electrons. The lowest BCUT2D eigenvalue weighted by atomic mass is 9.91. The van der Waals surface area contributed by atoms with Crippen molar-refractivity contribution in [3.05, 3.63) is 54.1 Å². The number of hydrogen-bond donors (Lipinski definition) is 2. The fraction of sp³-hybridized carbons (Fsp3) is 0.444. The molecule has 0 saturated heterocycles. The third kappa shape index (κ3) is 5.88. The van der Waals surface area contributed by atoms with Gasteiger partial charge in [-0.3, -0.25) is 0 Å². The fourth-order valence-electron chi connectivity index (χ4n) is 4.68. The summed E-state index contributed by atoms with van der Waals surface area (Å²) in [6.45, 7) is 0.956. The van der Waals surface area contributed by atoms with Crippen LogP contribution in [0.25, 0.3) is 10.9 Å². The van der Waals surface area contributed by atoms with Gasteiger partial charge in [-0.25, -0.2) is 4.98 Å². The quantitative estimate of drug-likeness (QED) is 0.487. The average Bonchev–Trinajstić information content (AvgIpc) is 2.84. The molecule has 2 N–H and O–H groups in total. The highest BCUT2D eigenvalue weighted by Crippen LogP contribution is 2.29. The molecule has 1 aliphatic carbocycles. The van der Waals surface area contributed by atoms with Crippen LogP contribution in [0.4, 0.5) is 11.5 Å². The Kier molecular flexibility index (Phi) is 7.55. The van der Waals surface area contributed by atoms with Crippen LogP contribution >= 0.6 is 0 Å². The normalized spacial score (nSPS) is 18.2. The van der Waals surface area contributed by atoms with Crippen LogP contribution in [-0.2, 0) is 6.42 Å². The molecule has 2 aromatic carbocycles. The molecule has 6 nitrogen and oxygen atoms in total. The van der Waals surface area contributed by atoms with Crippen molar-refractivity contribution in [3.63, 3.8) is 0 Å². The second-order valence-electron chi connectivity index (χ2n) is 9.06. The van der Waals surface area contributed by atoms with E-state index in [0.717, 1.165) is 48.6 Å². The summed E-state index contributed by atoms with van der Waals surface area (Å²) >= 11 is 0. The number of nitrogens with zero attached hydrogens (tertiary/aromatic N) is 2. The summed E-state index contributed by atoms with van der Waals surface area (Å²) in [5.74, 6) is 2.66. The van der Waals surface area contributed by atoms with Crippen molar-refractivity contribution in [1.82, 2.24) is 10.3 Å². The Hall–Kier alpha value is -2.99. The van der Waals surface area contributed by atoms with Crippen molar-refractivity contribution in [2.24, 2.45) is 0 Å². The number of anilines is 2. The zero-order valence-electron chi connectivity index (χ0n) is 20.2. The van der Waals surface area contributed by atoms with Crippen molar-refractivity contribution in [1.29, 1.82) is 0 Å². The second-order valence-corrected chi connectivity index (χ2v) is 9.06. The molecule has 4 rings (SSSR count). The molecule has 6 heteroatoms. The molecular weight excluding hydrogens is 412 g/mol. The number of benzene rings is 2. The maximum atomic E-state index is 5.38. The minimum atomic E-state index is 0.467. The molecule has 1 saturated carbocycles. The lowest BCUT2D eigenvalue weighted by Gasteiger charge is -2.30. The number of aromatic nitrogens is 1. The van der Waals surface area contributed by atoms with Crippen LogP contribution in [0.2, 0.25) is 0 Å². The molecule has 0 radical (unpaired) electrons. The number of pyridine rings is 1. The molecule has 0 unspecified atom stereocenters. The van der Waals surface area contributed by atoms with Crippen molar-refractivity contribution < 1.29 is 9.47 Å². The highest BCUT2D eigenvalue weighted by molar-refractivity contribution is 5.93. The first-order chi connectivity index (χ1) is 16.1. The highest BCUT2D eigenvalue weighted by atomic mass is 16.5. The molecule has 0 spiro atoms. The van der Waals surface area contributed by atoms with E-state index >= 15 is 0 Å². The predicted octanol–water partition coefficient (Wildman–Crippen LogP) is 4.87. The van der Waals surface area contributed by atoms with E-state index in [1.54, 1.807) is 14.2 Å². The molecule has 33 heavy (non-hydrogen) atoms.